The predicted octanol–water partition coefficient (Wildman–Crippen LogP) is 2.75. The van der Waals surface area contributed by atoms with E-state index in [9.17, 15) is 4.79 Å². The number of carbonyl (C=O) groups is 1. The van der Waals surface area contributed by atoms with Crippen molar-refractivity contribution in [3.05, 3.63) is 42.5 Å². The van der Waals surface area contributed by atoms with E-state index in [2.05, 4.69) is 25.1 Å². The summed E-state index contributed by atoms with van der Waals surface area (Å²) in [6.07, 6.45) is 3.06. The van der Waals surface area contributed by atoms with Crippen molar-refractivity contribution in [1.82, 2.24) is 9.97 Å². The van der Waals surface area contributed by atoms with Crippen LogP contribution in [-0.2, 0) is 27.7 Å². The average molecular weight is 471 g/mol. The molecule has 2 N–H and O–H groups in total. The van der Waals surface area contributed by atoms with Crippen LogP contribution >= 0.6 is 45.9 Å². The molecule has 0 radical (unpaired) electrons. The first kappa shape index (κ1) is 23.8. The molecule has 0 fully saturated rings. The van der Waals surface area contributed by atoms with Gasteiger partial charge >= 0.3 is 5.84 Å². The lowest BCUT2D eigenvalue weighted by atomic mass is 10.4. The van der Waals surface area contributed by atoms with E-state index in [4.69, 9.17) is 55.7 Å². The van der Waals surface area contributed by atoms with Gasteiger partial charge in [-0.25, -0.2) is 15.2 Å². The second-order valence-electron chi connectivity index (χ2n) is 4.26. The number of amidine groups is 1. The van der Waals surface area contributed by atoms with Gasteiger partial charge in [-0.05, 0) is 0 Å². The third-order valence-corrected chi connectivity index (χ3v) is 4.49. The monoisotopic (exact) mass is 470 g/mol. The number of rotatable bonds is 7. The largest absolute Gasteiger partial charge is 0.392 e. The zero-order chi connectivity index (χ0) is 21.6. The van der Waals surface area contributed by atoms with E-state index < -0.39 is 11.6 Å². The van der Waals surface area contributed by atoms with Crippen LogP contribution in [0, 0.1) is 29.2 Å². The lowest BCUT2D eigenvalue weighted by molar-refractivity contribution is -0.112. The van der Waals surface area contributed by atoms with E-state index in [1.165, 1.54) is 34.9 Å². The van der Waals surface area contributed by atoms with Crippen LogP contribution in [0.2, 0.25) is 8.93 Å². The minimum absolute atomic E-state index is 0.0862. The molecule has 11 nitrogen and oxygen atoms in total. The first-order valence-electron chi connectivity index (χ1n) is 6.97. The average Bonchev–Trinajstić information content (AvgIpc) is 3.30. The van der Waals surface area contributed by atoms with E-state index in [1.54, 1.807) is 12.3 Å². The fourth-order valence-corrected chi connectivity index (χ4v) is 2.97. The molecule has 2 aromatic rings. The second kappa shape index (κ2) is 13.0. The Bertz CT molecular complexity index is 1010. The molecule has 0 unspecified atom stereocenters. The Labute approximate surface area is 182 Å². The number of nitrogens with zero attached hydrogens (tertiary/aromatic N) is 7. The van der Waals surface area contributed by atoms with Gasteiger partial charge in [0, 0.05) is 12.4 Å². The highest BCUT2D eigenvalue weighted by atomic mass is 35.5. The summed E-state index contributed by atoms with van der Waals surface area (Å²) in [6.45, 7) is 6.75. The van der Waals surface area contributed by atoms with Gasteiger partial charge < -0.3 is 20.3 Å². The Morgan fingerprint density at radius 2 is 1.66 bits per heavy atom. The Morgan fingerprint density at radius 3 is 2.00 bits per heavy atom. The molecule has 0 aliphatic heterocycles. The highest BCUT2D eigenvalue weighted by molar-refractivity contribution is 7.16. The smallest absolute Gasteiger partial charge is 0.389 e. The lowest BCUT2D eigenvalue weighted by Gasteiger charge is -1.94. The molecule has 29 heavy (non-hydrogen) atoms. The summed E-state index contributed by atoms with van der Waals surface area (Å²) in [6, 6.07) is 3.08. The molecule has 0 atom stereocenters. The van der Waals surface area contributed by atoms with Crippen LogP contribution in [0.1, 0.15) is 9.75 Å². The molecule has 0 spiro atoms. The van der Waals surface area contributed by atoms with Gasteiger partial charge in [-0.3, -0.25) is 4.79 Å². The molecule has 0 saturated carbocycles. The van der Waals surface area contributed by atoms with E-state index in [-0.39, 0.29) is 19.0 Å². The summed E-state index contributed by atoms with van der Waals surface area (Å²) in [5.74, 6) is -1.26. The maximum absolute atomic E-state index is 10.5. The SMILES string of the molecule is N#CC(=NOCc1cnc(Cl)s1)C(N)=O.[C-]#[N+]/C(C#N)=N\OCc1cnc(Cl)s1. The van der Waals surface area contributed by atoms with Gasteiger partial charge in [-0.15, -0.1) is 22.7 Å². The summed E-state index contributed by atoms with van der Waals surface area (Å²) in [7, 11) is 0. The van der Waals surface area contributed by atoms with Crippen molar-refractivity contribution >= 4 is 63.3 Å². The fourth-order valence-electron chi connectivity index (χ4n) is 1.20. The number of amides is 1. The van der Waals surface area contributed by atoms with Crippen LogP contribution in [0.4, 0.5) is 0 Å². The Hall–Kier alpha value is -3.28. The normalized spacial score (nSPS) is 10.6. The van der Waals surface area contributed by atoms with Crippen LogP contribution in [0.25, 0.3) is 4.85 Å². The van der Waals surface area contributed by atoms with Crippen molar-refractivity contribution in [2.24, 2.45) is 16.0 Å². The van der Waals surface area contributed by atoms with Crippen molar-refractivity contribution in [3.8, 4) is 12.1 Å². The number of carbonyl (C=O) groups excluding carboxylic acids is 1. The summed E-state index contributed by atoms with van der Waals surface area (Å²) in [5.41, 5.74) is 4.35. The summed E-state index contributed by atoms with van der Waals surface area (Å²) < 4.78 is 0.797. The minimum Gasteiger partial charge on any atom is -0.389 e. The molecule has 148 valence electrons. The molecule has 1 amide bonds. The number of hydrogen-bond donors (Lipinski definition) is 1. The van der Waals surface area contributed by atoms with Gasteiger partial charge in [0.25, 0.3) is 5.91 Å². The molecule has 2 heterocycles. The van der Waals surface area contributed by atoms with Crippen molar-refractivity contribution in [1.29, 1.82) is 10.5 Å². The quantitative estimate of drug-likeness (QED) is 0.281. The van der Waals surface area contributed by atoms with Crippen LogP contribution in [0.15, 0.2) is 22.7 Å². The van der Waals surface area contributed by atoms with Crippen molar-refractivity contribution in [3.63, 3.8) is 0 Å². The lowest BCUT2D eigenvalue weighted by Crippen LogP contribution is -2.21. The van der Waals surface area contributed by atoms with E-state index in [0.717, 1.165) is 9.75 Å². The first-order valence-corrected chi connectivity index (χ1v) is 9.36. The third-order valence-electron chi connectivity index (χ3n) is 2.32. The zero-order valence-electron chi connectivity index (χ0n) is 14.1. The maximum atomic E-state index is 10.5. The molecular formula is C14H8Cl2N8O3S2. The van der Waals surface area contributed by atoms with Crippen LogP contribution in [0.5, 0.6) is 0 Å². The van der Waals surface area contributed by atoms with Crippen LogP contribution in [-0.4, -0.2) is 27.4 Å². The van der Waals surface area contributed by atoms with Gasteiger partial charge in [-0.1, -0.05) is 34.9 Å². The molecule has 0 saturated heterocycles. The first-order chi connectivity index (χ1) is 13.9. The number of primary amides is 1. The summed E-state index contributed by atoms with van der Waals surface area (Å²) >= 11 is 13.6. The second-order valence-corrected chi connectivity index (χ2v) is 7.66. The topological polar surface area (TPSA) is 164 Å². The molecule has 2 aromatic heterocycles. The third kappa shape index (κ3) is 9.46. The minimum atomic E-state index is -0.931. The van der Waals surface area contributed by atoms with E-state index in [1.807, 2.05) is 0 Å². The van der Waals surface area contributed by atoms with Gasteiger partial charge in [0.15, 0.2) is 22.1 Å². The van der Waals surface area contributed by atoms with Crippen LogP contribution < -0.4 is 5.73 Å². The predicted molar refractivity (Wildman–Crippen MR) is 106 cm³/mol. The number of nitriles is 2. The Balaban J connectivity index is 0.000000291. The molecule has 0 aliphatic carbocycles. The molecular weight excluding hydrogens is 463 g/mol. The molecule has 2 rings (SSSR count). The summed E-state index contributed by atoms with van der Waals surface area (Å²) in [4.78, 5) is 31.9. The van der Waals surface area contributed by atoms with E-state index >= 15 is 0 Å². The Morgan fingerprint density at radius 1 is 1.14 bits per heavy atom. The molecule has 0 aromatic carbocycles. The van der Waals surface area contributed by atoms with Gasteiger partial charge in [0.1, 0.15) is 12.1 Å². The Kier molecular flexibility index (Phi) is 10.6. The zero-order valence-corrected chi connectivity index (χ0v) is 17.2. The van der Waals surface area contributed by atoms with Gasteiger partial charge in [-0.2, -0.15) is 5.26 Å². The highest BCUT2D eigenvalue weighted by Crippen LogP contribution is 2.19. The number of aromatic nitrogens is 2. The van der Waals surface area contributed by atoms with Gasteiger partial charge in [0.05, 0.1) is 14.9 Å². The number of nitrogens with two attached hydrogens (primary N) is 1. The standard InChI is InChI=1S/C7H5ClN4O2S.C7H3ClN4OS/c8-7-11-2-4(15-7)3-14-12-5(1-9)6(10)13;1-10-6(2-9)12-13-4-5-3-11-7(8)14-5/h2H,3H2,(H2,10,13);3H,4H2/b;12-6-. The van der Waals surface area contributed by atoms with Crippen LogP contribution in [0.3, 0.4) is 0 Å². The fraction of sp³-hybridized carbons (Fsp3) is 0.143. The highest BCUT2D eigenvalue weighted by Gasteiger charge is 2.06. The molecule has 0 aliphatic rings. The van der Waals surface area contributed by atoms with Gasteiger partial charge in [0.2, 0.25) is 5.71 Å². The number of hydrogen-bond acceptors (Lipinski definition) is 11. The number of oxime groups is 2. The molecule has 15 heteroatoms. The number of thiazole rings is 2. The van der Waals surface area contributed by atoms with Crippen molar-refractivity contribution in [2.45, 2.75) is 13.2 Å². The summed E-state index contributed by atoms with van der Waals surface area (Å²) in [5, 5.41) is 23.3. The maximum Gasteiger partial charge on any atom is 0.392 e. The van der Waals surface area contributed by atoms with Crippen molar-refractivity contribution < 1.29 is 14.5 Å². The number of halogens is 2. The molecule has 0 bridgehead atoms. The van der Waals surface area contributed by atoms with Crippen molar-refractivity contribution in [2.75, 3.05) is 0 Å². The van der Waals surface area contributed by atoms with E-state index in [0.29, 0.717) is 8.93 Å².